The molecule has 2 heteroatoms. The Kier molecular flexibility index (Phi) is 3.36. The van der Waals surface area contributed by atoms with E-state index in [1.54, 1.807) is 0 Å². The largest absolute Gasteiger partial charge is 0.399 e. The van der Waals surface area contributed by atoms with E-state index in [0.29, 0.717) is 6.42 Å². The second-order valence-electron chi connectivity index (χ2n) is 2.85. The molecule has 1 aromatic rings. The van der Waals surface area contributed by atoms with Gasteiger partial charge in [-0.25, -0.2) is 0 Å². The zero-order valence-corrected chi connectivity index (χ0v) is 7.67. The van der Waals surface area contributed by atoms with Crippen molar-refractivity contribution >= 4 is 5.69 Å². The van der Waals surface area contributed by atoms with Crippen LogP contribution in [0, 0.1) is 18.8 Å². The van der Waals surface area contributed by atoms with Crippen molar-refractivity contribution in [2.75, 3.05) is 12.3 Å². The van der Waals surface area contributed by atoms with Gasteiger partial charge in [0.05, 0.1) is 6.61 Å². The van der Waals surface area contributed by atoms with Crippen molar-refractivity contribution in [2.24, 2.45) is 0 Å². The number of rotatable bonds is 1. The predicted molar refractivity (Wildman–Crippen MR) is 54.2 cm³/mol. The van der Waals surface area contributed by atoms with Crippen LogP contribution in [-0.2, 0) is 0 Å². The van der Waals surface area contributed by atoms with Gasteiger partial charge in [-0.05, 0) is 30.7 Å². The highest BCUT2D eigenvalue weighted by Gasteiger charge is 1.93. The smallest absolute Gasteiger partial charge is 0.0540 e. The standard InChI is InChI=1S/C11H13NO/c1-9-8-11(12)6-5-10(9)4-2-3-7-13/h5-6,8,13H,3,7,12H2,1H3. The fraction of sp³-hybridized carbons (Fsp3) is 0.273. The first-order chi connectivity index (χ1) is 6.24. The molecule has 0 aliphatic heterocycles. The lowest BCUT2D eigenvalue weighted by molar-refractivity contribution is 0.305. The highest BCUT2D eigenvalue weighted by molar-refractivity contribution is 5.50. The van der Waals surface area contributed by atoms with Crippen LogP contribution in [0.5, 0.6) is 0 Å². The highest BCUT2D eigenvalue weighted by Crippen LogP contribution is 2.10. The Morgan fingerprint density at radius 3 is 2.85 bits per heavy atom. The van der Waals surface area contributed by atoms with Crippen LogP contribution < -0.4 is 5.73 Å². The normalized spacial score (nSPS) is 9.08. The van der Waals surface area contributed by atoms with Crippen molar-refractivity contribution in [1.82, 2.24) is 0 Å². The van der Waals surface area contributed by atoms with Crippen LogP contribution in [0.2, 0.25) is 0 Å². The van der Waals surface area contributed by atoms with E-state index in [1.165, 1.54) is 0 Å². The summed E-state index contributed by atoms with van der Waals surface area (Å²) in [6.45, 7) is 2.08. The van der Waals surface area contributed by atoms with E-state index in [4.69, 9.17) is 10.8 Å². The summed E-state index contributed by atoms with van der Waals surface area (Å²) in [5.41, 5.74) is 8.40. The Balaban J connectivity index is 2.85. The van der Waals surface area contributed by atoms with Gasteiger partial charge >= 0.3 is 0 Å². The van der Waals surface area contributed by atoms with Gasteiger partial charge in [0.1, 0.15) is 0 Å². The average Bonchev–Trinajstić information content (AvgIpc) is 2.09. The van der Waals surface area contributed by atoms with Crippen LogP contribution in [0.1, 0.15) is 17.5 Å². The van der Waals surface area contributed by atoms with Crippen LogP contribution in [0.3, 0.4) is 0 Å². The Hall–Kier alpha value is -1.46. The Morgan fingerprint density at radius 1 is 1.46 bits per heavy atom. The average molecular weight is 175 g/mol. The lowest BCUT2D eigenvalue weighted by Gasteiger charge is -1.98. The van der Waals surface area contributed by atoms with Crippen LogP contribution in [-0.4, -0.2) is 11.7 Å². The fourth-order valence-corrected chi connectivity index (χ4v) is 1.04. The number of hydrogen-bond donors (Lipinski definition) is 2. The number of nitrogens with two attached hydrogens (primary N) is 1. The molecule has 0 aromatic heterocycles. The number of aliphatic hydroxyl groups excluding tert-OH is 1. The molecule has 0 aliphatic carbocycles. The molecule has 2 nitrogen and oxygen atoms in total. The summed E-state index contributed by atoms with van der Waals surface area (Å²) < 4.78 is 0. The molecule has 0 saturated heterocycles. The number of anilines is 1. The summed E-state index contributed by atoms with van der Waals surface area (Å²) in [5, 5.41) is 8.54. The number of aliphatic hydroxyl groups is 1. The molecule has 0 aliphatic rings. The minimum atomic E-state index is 0.112. The molecule has 0 amide bonds. The van der Waals surface area contributed by atoms with Crippen molar-refractivity contribution in [3.8, 4) is 11.8 Å². The zero-order chi connectivity index (χ0) is 9.68. The van der Waals surface area contributed by atoms with Gasteiger partial charge in [-0.1, -0.05) is 11.8 Å². The Labute approximate surface area is 78.4 Å². The maximum Gasteiger partial charge on any atom is 0.0540 e. The van der Waals surface area contributed by atoms with E-state index in [0.717, 1.165) is 16.8 Å². The van der Waals surface area contributed by atoms with E-state index in [2.05, 4.69) is 11.8 Å². The molecule has 0 heterocycles. The summed E-state index contributed by atoms with van der Waals surface area (Å²) in [6, 6.07) is 5.62. The van der Waals surface area contributed by atoms with E-state index in [-0.39, 0.29) is 6.61 Å². The van der Waals surface area contributed by atoms with Gasteiger partial charge in [0.15, 0.2) is 0 Å². The van der Waals surface area contributed by atoms with Crippen LogP contribution in [0.4, 0.5) is 5.69 Å². The molecule has 0 fully saturated rings. The van der Waals surface area contributed by atoms with Gasteiger partial charge in [0, 0.05) is 17.7 Å². The first-order valence-corrected chi connectivity index (χ1v) is 4.20. The molecule has 13 heavy (non-hydrogen) atoms. The maximum absolute atomic E-state index is 8.54. The number of aryl methyl sites for hydroxylation is 1. The van der Waals surface area contributed by atoms with Gasteiger partial charge in [0.2, 0.25) is 0 Å². The van der Waals surface area contributed by atoms with Crippen LogP contribution >= 0.6 is 0 Å². The number of nitrogen functional groups attached to an aromatic ring is 1. The maximum atomic E-state index is 8.54. The monoisotopic (exact) mass is 175 g/mol. The molecular formula is C11H13NO. The van der Waals surface area contributed by atoms with Gasteiger partial charge in [-0.3, -0.25) is 0 Å². The molecule has 68 valence electrons. The lowest BCUT2D eigenvalue weighted by Crippen LogP contribution is -1.88. The zero-order valence-electron chi connectivity index (χ0n) is 7.67. The molecule has 0 saturated carbocycles. The summed E-state index contributed by atoms with van der Waals surface area (Å²) >= 11 is 0. The highest BCUT2D eigenvalue weighted by atomic mass is 16.2. The summed E-state index contributed by atoms with van der Waals surface area (Å²) in [6.07, 6.45) is 0.518. The van der Waals surface area contributed by atoms with Crippen molar-refractivity contribution < 1.29 is 5.11 Å². The summed E-state index contributed by atoms with van der Waals surface area (Å²) in [7, 11) is 0. The first-order valence-electron chi connectivity index (χ1n) is 4.20. The third-order valence-electron chi connectivity index (χ3n) is 1.71. The second kappa shape index (κ2) is 4.54. The first kappa shape index (κ1) is 9.63. The second-order valence-corrected chi connectivity index (χ2v) is 2.85. The van der Waals surface area contributed by atoms with E-state index >= 15 is 0 Å². The van der Waals surface area contributed by atoms with Crippen molar-refractivity contribution in [3.05, 3.63) is 29.3 Å². The Morgan fingerprint density at radius 2 is 2.23 bits per heavy atom. The van der Waals surface area contributed by atoms with E-state index in [9.17, 15) is 0 Å². The molecular weight excluding hydrogens is 162 g/mol. The molecule has 3 N–H and O–H groups in total. The Bertz CT molecular complexity index is 347. The minimum Gasteiger partial charge on any atom is -0.399 e. The molecule has 1 rings (SSSR count). The van der Waals surface area contributed by atoms with Gasteiger partial charge in [-0.2, -0.15) is 0 Å². The fourth-order valence-electron chi connectivity index (χ4n) is 1.04. The molecule has 0 bridgehead atoms. The number of benzene rings is 1. The van der Waals surface area contributed by atoms with Crippen molar-refractivity contribution in [2.45, 2.75) is 13.3 Å². The number of hydrogen-bond acceptors (Lipinski definition) is 2. The summed E-state index contributed by atoms with van der Waals surface area (Å²) in [5.74, 6) is 5.85. The molecule has 0 spiro atoms. The predicted octanol–water partition coefficient (Wildman–Crippen LogP) is 1.31. The van der Waals surface area contributed by atoms with Gasteiger partial charge < -0.3 is 10.8 Å². The van der Waals surface area contributed by atoms with Gasteiger partial charge in [0.25, 0.3) is 0 Å². The minimum absolute atomic E-state index is 0.112. The third kappa shape index (κ3) is 2.81. The molecule has 0 atom stereocenters. The van der Waals surface area contributed by atoms with Crippen LogP contribution in [0.25, 0.3) is 0 Å². The topological polar surface area (TPSA) is 46.2 Å². The lowest BCUT2D eigenvalue weighted by atomic mass is 10.1. The molecule has 0 radical (unpaired) electrons. The van der Waals surface area contributed by atoms with E-state index in [1.807, 2.05) is 25.1 Å². The van der Waals surface area contributed by atoms with E-state index < -0.39 is 0 Å². The van der Waals surface area contributed by atoms with Crippen molar-refractivity contribution in [1.29, 1.82) is 0 Å². The summed E-state index contributed by atoms with van der Waals surface area (Å²) in [4.78, 5) is 0. The quantitative estimate of drug-likeness (QED) is 0.499. The van der Waals surface area contributed by atoms with Crippen LogP contribution in [0.15, 0.2) is 18.2 Å². The third-order valence-corrected chi connectivity index (χ3v) is 1.71. The SMILES string of the molecule is Cc1cc(N)ccc1C#CCCO. The van der Waals surface area contributed by atoms with Gasteiger partial charge in [-0.15, -0.1) is 0 Å². The molecule has 0 unspecified atom stereocenters. The van der Waals surface area contributed by atoms with Crippen molar-refractivity contribution in [3.63, 3.8) is 0 Å². The molecule has 1 aromatic carbocycles.